The molecule has 0 spiro atoms. The number of nitro groups is 1. The van der Waals surface area contributed by atoms with E-state index < -0.39 is 52.6 Å². The normalized spacial score (nSPS) is 12.8. The predicted octanol–water partition coefficient (Wildman–Crippen LogP) is 3.52. The Kier molecular flexibility index (Phi) is 7.36. The third-order valence-corrected chi connectivity index (χ3v) is 3.07. The maximum atomic E-state index is 12.4. The van der Waals surface area contributed by atoms with Gasteiger partial charge in [-0.05, 0) is 39.3 Å². The summed E-state index contributed by atoms with van der Waals surface area (Å²) >= 11 is 0. The van der Waals surface area contributed by atoms with Gasteiger partial charge in [0.1, 0.15) is 5.60 Å². The minimum Gasteiger partial charge on any atom is -0.477 e. The standard InChI is InChI=1S/C17H20F3NO7/c1-5-26-14(22)13(15(23)28-16(2,3)4)10-6-7-11(21(24)25)12(8-10)27-9-17(18,19)20/h6-8,13H,5,9H2,1-4H3. The van der Waals surface area contributed by atoms with E-state index in [0.717, 1.165) is 18.2 Å². The number of ether oxygens (including phenoxy) is 3. The summed E-state index contributed by atoms with van der Waals surface area (Å²) in [6.07, 6.45) is -4.74. The lowest BCUT2D eigenvalue weighted by molar-refractivity contribution is -0.386. The molecular formula is C17H20F3NO7. The predicted molar refractivity (Wildman–Crippen MR) is 89.9 cm³/mol. The smallest absolute Gasteiger partial charge is 0.422 e. The first-order valence-electron chi connectivity index (χ1n) is 8.12. The van der Waals surface area contributed by atoms with Crippen LogP contribution in [0.15, 0.2) is 18.2 Å². The number of hydrogen-bond donors (Lipinski definition) is 0. The number of halogens is 3. The molecule has 0 saturated carbocycles. The topological polar surface area (TPSA) is 105 Å². The van der Waals surface area contributed by atoms with Crippen LogP contribution in [0.1, 0.15) is 39.2 Å². The van der Waals surface area contributed by atoms with Crippen molar-refractivity contribution in [1.29, 1.82) is 0 Å². The van der Waals surface area contributed by atoms with Crippen molar-refractivity contribution >= 4 is 17.6 Å². The molecule has 156 valence electrons. The van der Waals surface area contributed by atoms with Crippen LogP contribution in [-0.2, 0) is 19.1 Å². The summed E-state index contributed by atoms with van der Waals surface area (Å²) in [4.78, 5) is 34.8. The Hall–Kier alpha value is -2.85. The van der Waals surface area contributed by atoms with E-state index in [9.17, 15) is 32.9 Å². The molecular weight excluding hydrogens is 387 g/mol. The summed E-state index contributed by atoms with van der Waals surface area (Å²) < 4.78 is 51.8. The zero-order valence-corrected chi connectivity index (χ0v) is 15.7. The first-order chi connectivity index (χ1) is 12.7. The Morgan fingerprint density at radius 3 is 2.25 bits per heavy atom. The van der Waals surface area contributed by atoms with Crippen molar-refractivity contribution in [1.82, 2.24) is 0 Å². The van der Waals surface area contributed by atoms with Gasteiger partial charge < -0.3 is 14.2 Å². The van der Waals surface area contributed by atoms with E-state index >= 15 is 0 Å². The molecule has 1 rings (SSSR count). The number of alkyl halides is 3. The van der Waals surface area contributed by atoms with Crippen LogP contribution in [0.2, 0.25) is 0 Å². The second kappa shape index (κ2) is 8.89. The molecule has 1 unspecified atom stereocenters. The zero-order valence-electron chi connectivity index (χ0n) is 15.7. The fourth-order valence-electron chi connectivity index (χ4n) is 2.09. The van der Waals surface area contributed by atoms with E-state index in [2.05, 4.69) is 4.74 Å². The molecule has 0 aliphatic carbocycles. The van der Waals surface area contributed by atoms with Gasteiger partial charge in [0.2, 0.25) is 0 Å². The molecule has 0 aromatic heterocycles. The molecule has 1 aromatic carbocycles. The van der Waals surface area contributed by atoms with Gasteiger partial charge in [-0.3, -0.25) is 19.7 Å². The van der Waals surface area contributed by atoms with Crippen LogP contribution in [0, 0.1) is 10.1 Å². The summed E-state index contributed by atoms with van der Waals surface area (Å²) in [6.45, 7) is 4.32. The second-order valence-corrected chi connectivity index (χ2v) is 6.61. The maximum absolute atomic E-state index is 12.4. The summed E-state index contributed by atoms with van der Waals surface area (Å²) in [6, 6.07) is 2.73. The Morgan fingerprint density at radius 1 is 1.18 bits per heavy atom. The van der Waals surface area contributed by atoms with Crippen molar-refractivity contribution in [2.24, 2.45) is 0 Å². The molecule has 0 amide bonds. The highest BCUT2D eigenvalue weighted by molar-refractivity contribution is 6.01. The van der Waals surface area contributed by atoms with E-state index in [-0.39, 0.29) is 12.2 Å². The van der Waals surface area contributed by atoms with Gasteiger partial charge in [0.05, 0.1) is 11.5 Å². The van der Waals surface area contributed by atoms with Gasteiger partial charge in [-0.2, -0.15) is 13.2 Å². The van der Waals surface area contributed by atoms with Crippen molar-refractivity contribution in [3.63, 3.8) is 0 Å². The molecule has 0 N–H and O–H groups in total. The van der Waals surface area contributed by atoms with E-state index in [1.54, 1.807) is 20.8 Å². The number of carbonyl (C=O) groups excluding carboxylic acids is 2. The molecule has 0 saturated heterocycles. The molecule has 28 heavy (non-hydrogen) atoms. The van der Waals surface area contributed by atoms with Crippen LogP contribution >= 0.6 is 0 Å². The van der Waals surface area contributed by atoms with Crippen LogP contribution in [-0.4, -0.2) is 41.9 Å². The monoisotopic (exact) mass is 407 g/mol. The first kappa shape index (κ1) is 23.2. The molecule has 11 heteroatoms. The van der Waals surface area contributed by atoms with Crippen LogP contribution in [0.3, 0.4) is 0 Å². The van der Waals surface area contributed by atoms with Crippen molar-refractivity contribution in [2.75, 3.05) is 13.2 Å². The van der Waals surface area contributed by atoms with Gasteiger partial charge in [-0.25, -0.2) is 0 Å². The number of benzene rings is 1. The Morgan fingerprint density at radius 2 is 1.79 bits per heavy atom. The third-order valence-electron chi connectivity index (χ3n) is 3.07. The lowest BCUT2D eigenvalue weighted by Crippen LogP contribution is -2.32. The Balaban J connectivity index is 3.37. The van der Waals surface area contributed by atoms with Gasteiger partial charge in [-0.1, -0.05) is 6.07 Å². The molecule has 0 heterocycles. The van der Waals surface area contributed by atoms with Crippen molar-refractivity contribution < 1.29 is 41.9 Å². The number of carbonyl (C=O) groups is 2. The van der Waals surface area contributed by atoms with Crippen molar-refractivity contribution in [3.05, 3.63) is 33.9 Å². The quantitative estimate of drug-likeness (QED) is 0.295. The van der Waals surface area contributed by atoms with E-state index in [1.807, 2.05) is 0 Å². The Bertz CT molecular complexity index is 741. The molecule has 0 aliphatic heterocycles. The summed E-state index contributed by atoms with van der Waals surface area (Å²) in [5.41, 5.74) is -1.87. The van der Waals surface area contributed by atoms with Crippen LogP contribution < -0.4 is 4.74 Å². The van der Waals surface area contributed by atoms with Gasteiger partial charge in [-0.15, -0.1) is 0 Å². The molecule has 1 atom stereocenters. The molecule has 8 nitrogen and oxygen atoms in total. The Labute approximate surface area is 158 Å². The lowest BCUT2D eigenvalue weighted by Gasteiger charge is -2.23. The lowest BCUT2D eigenvalue weighted by atomic mass is 9.98. The number of esters is 2. The molecule has 0 aliphatic rings. The summed E-state index contributed by atoms with van der Waals surface area (Å²) in [7, 11) is 0. The molecule has 0 fully saturated rings. The average molecular weight is 407 g/mol. The maximum Gasteiger partial charge on any atom is 0.422 e. The van der Waals surface area contributed by atoms with Crippen LogP contribution in [0.25, 0.3) is 0 Å². The number of hydrogen-bond acceptors (Lipinski definition) is 7. The zero-order chi connectivity index (χ0) is 21.7. The summed E-state index contributed by atoms with van der Waals surface area (Å²) in [5, 5.41) is 11.0. The average Bonchev–Trinajstić information content (AvgIpc) is 2.50. The van der Waals surface area contributed by atoms with Crippen LogP contribution in [0.4, 0.5) is 18.9 Å². The van der Waals surface area contributed by atoms with Gasteiger partial charge in [0.25, 0.3) is 0 Å². The SMILES string of the molecule is CCOC(=O)C(C(=O)OC(C)(C)C)c1ccc([N+](=O)[O-])c(OCC(F)(F)F)c1. The van der Waals surface area contributed by atoms with Gasteiger partial charge in [0, 0.05) is 6.07 Å². The first-order valence-corrected chi connectivity index (χ1v) is 8.12. The van der Waals surface area contributed by atoms with Crippen molar-refractivity contribution in [2.45, 2.75) is 45.4 Å². The molecule has 0 bridgehead atoms. The minimum absolute atomic E-state index is 0.0669. The number of nitrogens with zero attached hydrogens (tertiary/aromatic N) is 1. The molecule has 1 aromatic rings. The van der Waals surface area contributed by atoms with E-state index in [1.165, 1.54) is 6.92 Å². The fraction of sp³-hybridized carbons (Fsp3) is 0.529. The van der Waals surface area contributed by atoms with E-state index in [4.69, 9.17) is 9.47 Å². The van der Waals surface area contributed by atoms with E-state index in [0.29, 0.717) is 0 Å². The van der Waals surface area contributed by atoms with Gasteiger partial charge >= 0.3 is 23.8 Å². The summed E-state index contributed by atoms with van der Waals surface area (Å²) in [5.74, 6) is -4.40. The fourth-order valence-corrected chi connectivity index (χ4v) is 2.09. The number of rotatable bonds is 7. The van der Waals surface area contributed by atoms with Crippen LogP contribution in [0.5, 0.6) is 5.75 Å². The highest BCUT2D eigenvalue weighted by Gasteiger charge is 2.36. The number of nitro benzene ring substituents is 1. The largest absolute Gasteiger partial charge is 0.477 e. The highest BCUT2D eigenvalue weighted by Crippen LogP contribution is 2.33. The van der Waals surface area contributed by atoms with Crippen molar-refractivity contribution in [3.8, 4) is 5.75 Å². The third kappa shape index (κ3) is 7.05. The van der Waals surface area contributed by atoms with Gasteiger partial charge in [0.15, 0.2) is 18.3 Å². The molecule has 0 radical (unpaired) electrons. The minimum atomic E-state index is -4.74. The second-order valence-electron chi connectivity index (χ2n) is 6.61. The highest BCUT2D eigenvalue weighted by atomic mass is 19.4.